The molecule has 0 aromatic heterocycles. The van der Waals surface area contributed by atoms with E-state index in [9.17, 15) is 20.1 Å². The molecule has 0 amide bonds. The molecule has 0 aromatic rings. The van der Waals surface area contributed by atoms with Crippen LogP contribution in [0.4, 0.5) is 0 Å². The smallest absolute Gasteiger partial charge is 0.164 e. The third-order valence-corrected chi connectivity index (χ3v) is 8.61. The molecule has 0 radical (unpaired) electrons. The van der Waals surface area contributed by atoms with E-state index < -0.39 is 18.6 Å². The number of ketones is 1. The van der Waals surface area contributed by atoms with Gasteiger partial charge >= 0.3 is 0 Å². The Balaban J connectivity index is 1.67. The first kappa shape index (κ1) is 17.7. The highest BCUT2D eigenvalue weighted by molar-refractivity contribution is 5.83. The number of carbonyl (C=O) groups excluding carboxylic acids is 1. The molecule has 3 N–H and O–H groups in total. The monoisotopic (exact) mass is 348 g/mol. The van der Waals surface area contributed by atoms with Crippen LogP contribution in [0.5, 0.6) is 0 Å². The minimum atomic E-state index is -0.611. The maximum absolute atomic E-state index is 12.3. The predicted octanol–water partition coefficient (Wildman–Crippen LogP) is 2.46. The first-order chi connectivity index (χ1) is 11.8. The van der Waals surface area contributed by atoms with Crippen LogP contribution in [-0.2, 0) is 4.79 Å². The zero-order valence-electron chi connectivity index (χ0n) is 15.4. The average molecular weight is 348 g/mol. The van der Waals surface area contributed by atoms with Gasteiger partial charge in [-0.2, -0.15) is 0 Å². The summed E-state index contributed by atoms with van der Waals surface area (Å²) in [5.41, 5.74) is 1.43. The maximum Gasteiger partial charge on any atom is 0.164 e. The van der Waals surface area contributed by atoms with Crippen molar-refractivity contribution >= 4 is 5.78 Å². The molecule has 0 spiro atoms. The molecule has 25 heavy (non-hydrogen) atoms. The largest absolute Gasteiger partial charge is 0.393 e. The third kappa shape index (κ3) is 2.40. The summed E-state index contributed by atoms with van der Waals surface area (Å²) in [6.07, 6.45) is 8.05. The van der Waals surface area contributed by atoms with Crippen molar-refractivity contribution in [1.29, 1.82) is 0 Å². The van der Waals surface area contributed by atoms with Crippen LogP contribution in [0.15, 0.2) is 11.6 Å². The number of aliphatic hydroxyl groups excluding tert-OH is 3. The molecule has 3 fully saturated rings. The standard InChI is InChI=1S/C21H32O4/c1-20-7-5-13(23)9-12(20)3-4-14-15(20)6-8-21(2)16(14)10-17(24)19(21)18(25)11-22/h3,13-17,19,22-24H,4-11H2,1-2H3/t13?,14-,15+,16+,17?,19-,20+,21+/m1/s1. The zero-order valence-corrected chi connectivity index (χ0v) is 15.4. The van der Waals surface area contributed by atoms with E-state index in [0.717, 1.165) is 38.5 Å². The van der Waals surface area contributed by atoms with Gasteiger partial charge in [0.05, 0.1) is 18.1 Å². The van der Waals surface area contributed by atoms with Crippen molar-refractivity contribution in [3.05, 3.63) is 11.6 Å². The van der Waals surface area contributed by atoms with Crippen LogP contribution in [0, 0.1) is 34.5 Å². The summed E-state index contributed by atoms with van der Waals surface area (Å²) < 4.78 is 0. The number of allylic oxidation sites excluding steroid dienone is 1. The fourth-order valence-electron chi connectivity index (χ4n) is 7.34. The SMILES string of the molecule is C[C@]12CC[C@H]3[C@@H](CC=C4CC(O)CC[C@@]43C)[C@@H]1CC(O)[C@@H]2C(=O)CO. The van der Waals surface area contributed by atoms with Gasteiger partial charge in [-0.05, 0) is 73.5 Å². The fourth-order valence-corrected chi connectivity index (χ4v) is 7.34. The number of rotatable bonds is 2. The lowest BCUT2D eigenvalue weighted by Gasteiger charge is -2.57. The van der Waals surface area contributed by atoms with Crippen LogP contribution in [-0.4, -0.2) is 39.9 Å². The van der Waals surface area contributed by atoms with Crippen LogP contribution in [0.25, 0.3) is 0 Å². The Morgan fingerprint density at radius 1 is 1.20 bits per heavy atom. The Labute approximate surface area is 150 Å². The van der Waals surface area contributed by atoms with Gasteiger partial charge in [-0.15, -0.1) is 0 Å². The van der Waals surface area contributed by atoms with E-state index in [1.165, 1.54) is 5.57 Å². The lowest BCUT2D eigenvalue weighted by Crippen LogP contribution is -2.51. The summed E-state index contributed by atoms with van der Waals surface area (Å²) in [4.78, 5) is 12.3. The molecule has 4 aliphatic rings. The van der Waals surface area contributed by atoms with Crippen LogP contribution in [0.2, 0.25) is 0 Å². The van der Waals surface area contributed by atoms with Crippen molar-refractivity contribution in [2.45, 2.75) is 71.0 Å². The Bertz CT molecular complexity index is 599. The summed E-state index contributed by atoms with van der Waals surface area (Å²) in [7, 11) is 0. The van der Waals surface area contributed by atoms with Crippen molar-refractivity contribution < 1.29 is 20.1 Å². The van der Waals surface area contributed by atoms with Gasteiger partial charge in [-0.3, -0.25) is 4.79 Å². The minimum absolute atomic E-state index is 0.174. The van der Waals surface area contributed by atoms with Crippen molar-refractivity contribution in [3.8, 4) is 0 Å². The molecule has 4 heteroatoms. The van der Waals surface area contributed by atoms with Gasteiger partial charge in [0, 0.05) is 0 Å². The van der Waals surface area contributed by atoms with Crippen LogP contribution >= 0.6 is 0 Å². The molecule has 4 aliphatic carbocycles. The summed E-state index contributed by atoms with van der Waals surface area (Å²) in [5, 5.41) is 30.1. The number of fused-ring (bicyclic) bond motifs is 5. The molecule has 0 aromatic carbocycles. The molecule has 0 aliphatic heterocycles. The second-order valence-corrected chi connectivity index (χ2v) is 9.61. The molecule has 8 atom stereocenters. The number of carbonyl (C=O) groups is 1. The average Bonchev–Trinajstić information content (AvgIpc) is 2.85. The number of hydrogen-bond donors (Lipinski definition) is 3. The van der Waals surface area contributed by atoms with Gasteiger partial charge < -0.3 is 15.3 Å². The predicted molar refractivity (Wildman–Crippen MR) is 94.7 cm³/mol. The van der Waals surface area contributed by atoms with E-state index in [1.807, 2.05) is 0 Å². The highest BCUT2D eigenvalue weighted by Crippen LogP contribution is 2.66. The third-order valence-electron chi connectivity index (χ3n) is 8.61. The van der Waals surface area contributed by atoms with Gasteiger partial charge in [0.1, 0.15) is 6.61 Å². The van der Waals surface area contributed by atoms with Crippen molar-refractivity contribution in [2.75, 3.05) is 6.61 Å². The first-order valence-electron chi connectivity index (χ1n) is 10.0. The molecule has 3 saturated carbocycles. The van der Waals surface area contributed by atoms with E-state index in [2.05, 4.69) is 19.9 Å². The molecule has 0 heterocycles. The number of Topliss-reactive ketones (excluding diaryl/α,β-unsaturated/α-hetero) is 1. The second-order valence-electron chi connectivity index (χ2n) is 9.61. The van der Waals surface area contributed by atoms with E-state index in [4.69, 9.17) is 0 Å². The van der Waals surface area contributed by atoms with Gasteiger partial charge in [-0.25, -0.2) is 0 Å². The molecule has 140 valence electrons. The van der Waals surface area contributed by atoms with Gasteiger partial charge in [-0.1, -0.05) is 25.5 Å². The van der Waals surface area contributed by atoms with Crippen LogP contribution in [0.1, 0.15) is 58.8 Å². The Morgan fingerprint density at radius 2 is 1.96 bits per heavy atom. The minimum Gasteiger partial charge on any atom is -0.393 e. The van der Waals surface area contributed by atoms with E-state index in [-0.39, 0.29) is 22.7 Å². The van der Waals surface area contributed by atoms with E-state index in [0.29, 0.717) is 24.2 Å². The van der Waals surface area contributed by atoms with E-state index >= 15 is 0 Å². The van der Waals surface area contributed by atoms with Gasteiger partial charge in [0.2, 0.25) is 0 Å². The van der Waals surface area contributed by atoms with Crippen molar-refractivity contribution in [2.24, 2.45) is 34.5 Å². The van der Waals surface area contributed by atoms with Gasteiger partial charge in [0.15, 0.2) is 5.78 Å². The number of hydrogen-bond acceptors (Lipinski definition) is 4. The molecule has 0 saturated heterocycles. The Hall–Kier alpha value is -0.710. The number of aliphatic hydroxyl groups is 3. The molecular formula is C21H32O4. The maximum atomic E-state index is 12.3. The van der Waals surface area contributed by atoms with Crippen molar-refractivity contribution in [3.63, 3.8) is 0 Å². The normalized spacial score (nSPS) is 52.0. The summed E-state index contributed by atoms with van der Waals surface area (Å²) in [6, 6.07) is 0. The lowest BCUT2D eigenvalue weighted by atomic mass is 9.47. The molecule has 4 rings (SSSR count). The quantitative estimate of drug-likeness (QED) is 0.670. The lowest BCUT2D eigenvalue weighted by molar-refractivity contribution is -0.135. The second kappa shape index (κ2) is 5.90. The van der Waals surface area contributed by atoms with E-state index in [1.54, 1.807) is 0 Å². The summed E-state index contributed by atoms with van der Waals surface area (Å²) >= 11 is 0. The summed E-state index contributed by atoms with van der Waals surface area (Å²) in [6.45, 7) is 4.10. The zero-order chi connectivity index (χ0) is 18.0. The summed E-state index contributed by atoms with van der Waals surface area (Å²) in [5.74, 6) is 0.857. The fraction of sp³-hybridized carbons (Fsp3) is 0.857. The van der Waals surface area contributed by atoms with Crippen LogP contribution < -0.4 is 0 Å². The highest BCUT2D eigenvalue weighted by atomic mass is 16.3. The van der Waals surface area contributed by atoms with Crippen molar-refractivity contribution in [1.82, 2.24) is 0 Å². The molecular weight excluding hydrogens is 316 g/mol. The highest BCUT2D eigenvalue weighted by Gasteiger charge is 2.62. The molecule has 4 nitrogen and oxygen atoms in total. The van der Waals surface area contributed by atoms with Crippen LogP contribution in [0.3, 0.4) is 0 Å². The Kier molecular flexibility index (Phi) is 4.17. The van der Waals surface area contributed by atoms with Gasteiger partial charge in [0.25, 0.3) is 0 Å². The first-order valence-corrected chi connectivity index (χ1v) is 10.0. The Morgan fingerprint density at radius 3 is 2.68 bits per heavy atom. The topological polar surface area (TPSA) is 77.8 Å². The molecule has 0 bridgehead atoms. The molecule has 2 unspecified atom stereocenters.